The Kier molecular flexibility index (Phi) is 2.71. The first kappa shape index (κ1) is 8.34. The van der Waals surface area contributed by atoms with Crippen molar-refractivity contribution in [2.45, 2.75) is 6.92 Å². The molecule has 2 heteroatoms. The fraction of sp³-hybridized carbons (Fsp3) is 0.222. The van der Waals surface area contributed by atoms with Crippen molar-refractivity contribution in [3.05, 3.63) is 35.4 Å². The van der Waals surface area contributed by atoms with Crippen LogP contribution in [0.5, 0.6) is 0 Å². The normalized spacial score (nSPS) is 9.64. The minimum Gasteiger partial charge on any atom is -0.293 e. The Bertz CT molecular complexity index is 268. The Morgan fingerprint density at radius 2 is 2.00 bits per heavy atom. The summed E-state index contributed by atoms with van der Waals surface area (Å²) in [7, 11) is 0. The van der Waals surface area contributed by atoms with Gasteiger partial charge in [0, 0.05) is 5.56 Å². The van der Waals surface area contributed by atoms with E-state index < -0.39 is 0 Å². The van der Waals surface area contributed by atoms with Crippen molar-refractivity contribution in [1.29, 1.82) is 5.41 Å². The van der Waals surface area contributed by atoms with Crippen LogP contribution in [-0.2, 0) is 0 Å². The van der Waals surface area contributed by atoms with Gasteiger partial charge in [0.2, 0.25) is 0 Å². The lowest BCUT2D eigenvalue weighted by Gasteiger charge is -2.02. The topological polar surface area (TPSA) is 23.9 Å². The molecule has 0 fully saturated rings. The molecule has 0 unspecified atom stereocenters. The first-order valence-electron chi connectivity index (χ1n) is 3.44. The summed E-state index contributed by atoms with van der Waals surface area (Å²) in [6.07, 6.45) is 1.93. The molecule has 0 aliphatic rings. The molecular weight excluding hydrogens is 154 g/mol. The van der Waals surface area contributed by atoms with Crippen molar-refractivity contribution < 1.29 is 0 Å². The van der Waals surface area contributed by atoms with Gasteiger partial charge in [-0.05, 0) is 18.7 Å². The Balaban J connectivity index is 3.03. The number of aryl methyl sites for hydroxylation is 1. The molecule has 1 nitrogen and oxygen atoms in total. The van der Waals surface area contributed by atoms with Gasteiger partial charge >= 0.3 is 0 Å². The second kappa shape index (κ2) is 3.58. The van der Waals surface area contributed by atoms with Crippen molar-refractivity contribution >= 4 is 16.8 Å². The number of hydrogen-bond donors (Lipinski definition) is 1. The first-order valence-corrected chi connectivity index (χ1v) is 4.66. The number of hydrogen-bond acceptors (Lipinski definition) is 2. The molecule has 1 aromatic rings. The summed E-state index contributed by atoms with van der Waals surface area (Å²) < 4.78 is 0. The zero-order chi connectivity index (χ0) is 8.27. The molecule has 1 aromatic carbocycles. The fourth-order valence-corrected chi connectivity index (χ4v) is 1.39. The second-order valence-corrected chi connectivity index (χ2v) is 3.16. The predicted molar refractivity (Wildman–Crippen MR) is 51.5 cm³/mol. The van der Waals surface area contributed by atoms with Crippen molar-refractivity contribution in [2.24, 2.45) is 0 Å². The van der Waals surface area contributed by atoms with E-state index in [4.69, 9.17) is 5.41 Å². The van der Waals surface area contributed by atoms with Gasteiger partial charge < -0.3 is 0 Å². The van der Waals surface area contributed by atoms with Gasteiger partial charge in [-0.3, -0.25) is 5.41 Å². The minimum absolute atomic E-state index is 0.642. The van der Waals surface area contributed by atoms with E-state index in [-0.39, 0.29) is 0 Å². The van der Waals surface area contributed by atoms with Crippen molar-refractivity contribution in [3.63, 3.8) is 0 Å². The van der Waals surface area contributed by atoms with Gasteiger partial charge in [-0.25, -0.2) is 0 Å². The molecule has 0 saturated heterocycles. The summed E-state index contributed by atoms with van der Waals surface area (Å²) in [5, 5.41) is 8.22. The van der Waals surface area contributed by atoms with Crippen LogP contribution < -0.4 is 0 Å². The number of rotatable bonds is 1. The van der Waals surface area contributed by atoms with Crippen LogP contribution in [0.4, 0.5) is 0 Å². The molecule has 0 heterocycles. The Morgan fingerprint density at radius 1 is 1.36 bits per heavy atom. The molecule has 0 radical (unpaired) electrons. The van der Waals surface area contributed by atoms with E-state index in [1.807, 2.05) is 37.4 Å². The van der Waals surface area contributed by atoms with Crippen molar-refractivity contribution in [1.82, 2.24) is 0 Å². The van der Waals surface area contributed by atoms with Crippen LogP contribution in [0.1, 0.15) is 11.1 Å². The zero-order valence-electron chi connectivity index (χ0n) is 6.72. The smallest absolute Gasteiger partial charge is 0.0942 e. The lowest BCUT2D eigenvalue weighted by Crippen LogP contribution is -1.94. The van der Waals surface area contributed by atoms with Crippen LogP contribution in [0.15, 0.2) is 24.3 Å². The van der Waals surface area contributed by atoms with Crippen LogP contribution in [0, 0.1) is 12.3 Å². The summed E-state index contributed by atoms with van der Waals surface area (Å²) in [5.74, 6) is 0. The maximum atomic E-state index is 7.58. The fourth-order valence-electron chi connectivity index (χ4n) is 0.938. The monoisotopic (exact) mass is 165 g/mol. The van der Waals surface area contributed by atoms with Crippen LogP contribution in [0.2, 0.25) is 0 Å². The molecule has 1 rings (SSSR count). The predicted octanol–water partition coefficient (Wildman–Crippen LogP) is 2.68. The van der Waals surface area contributed by atoms with Gasteiger partial charge in [0.25, 0.3) is 0 Å². The summed E-state index contributed by atoms with van der Waals surface area (Å²) in [4.78, 5) is 0. The number of thioether (sulfide) groups is 1. The summed E-state index contributed by atoms with van der Waals surface area (Å²) in [6, 6.07) is 7.97. The third-order valence-corrected chi connectivity index (χ3v) is 2.22. The molecule has 0 aliphatic carbocycles. The van der Waals surface area contributed by atoms with E-state index in [0.29, 0.717) is 5.04 Å². The maximum Gasteiger partial charge on any atom is 0.0942 e. The van der Waals surface area contributed by atoms with E-state index in [1.54, 1.807) is 0 Å². The average molecular weight is 165 g/mol. The molecular formula is C9H11NS. The van der Waals surface area contributed by atoms with Gasteiger partial charge in [-0.15, -0.1) is 11.8 Å². The Morgan fingerprint density at radius 3 is 2.55 bits per heavy atom. The van der Waals surface area contributed by atoms with Gasteiger partial charge in [-0.2, -0.15) is 0 Å². The van der Waals surface area contributed by atoms with Gasteiger partial charge in [0.1, 0.15) is 0 Å². The van der Waals surface area contributed by atoms with E-state index in [1.165, 1.54) is 17.3 Å². The maximum absolute atomic E-state index is 7.58. The summed E-state index contributed by atoms with van der Waals surface area (Å²) in [6.45, 7) is 2.03. The highest BCUT2D eigenvalue weighted by Crippen LogP contribution is 2.13. The standard InChI is InChI=1S/C9H11NS/c1-7-5-3-4-6-8(7)9(10)11-2/h3-6,10H,1-2H3. The molecule has 0 spiro atoms. The largest absolute Gasteiger partial charge is 0.293 e. The van der Waals surface area contributed by atoms with Crippen LogP contribution in [-0.4, -0.2) is 11.3 Å². The van der Waals surface area contributed by atoms with Crippen molar-refractivity contribution in [3.8, 4) is 0 Å². The molecule has 0 atom stereocenters. The van der Waals surface area contributed by atoms with Crippen LogP contribution in [0.25, 0.3) is 0 Å². The van der Waals surface area contributed by atoms with Crippen LogP contribution >= 0.6 is 11.8 Å². The third kappa shape index (κ3) is 1.84. The molecule has 0 aromatic heterocycles. The highest BCUT2D eigenvalue weighted by Gasteiger charge is 2.00. The second-order valence-electron chi connectivity index (χ2n) is 2.35. The van der Waals surface area contributed by atoms with E-state index in [0.717, 1.165) is 5.56 Å². The number of benzene rings is 1. The van der Waals surface area contributed by atoms with Gasteiger partial charge in [0.05, 0.1) is 5.04 Å². The lowest BCUT2D eigenvalue weighted by atomic mass is 10.1. The zero-order valence-corrected chi connectivity index (χ0v) is 7.53. The molecule has 0 amide bonds. The average Bonchev–Trinajstić information content (AvgIpc) is 2.04. The van der Waals surface area contributed by atoms with Crippen molar-refractivity contribution in [2.75, 3.05) is 6.26 Å². The highest BCUT2D eigenvalue weighted by atomic mass is 32.2. The lowest BCUT2D eigenvalue weighted by molar-refractivity contribution is 1.42. The Labute approximate surface area is 71.3 Å². The minimum atomic E-state index is 0.642. The first-order chi connectivity index (χ1) is 5.25. The van der Waals surface area contributed by atoms with Gasteiger partial charge in [0.15, 0.2) is 0 Å². The molecule has 0 saturated carbocycles. The molecule has 0 aliphatic heterocycles. The summed E-state index contributed by atoms with van der Waals surface area (Å²) >= 11 is 1.48. The van der Waals surface area contributed by atoms with E-state index in [9.17, 15) is 0 Å². The van der Waals surface area contributed by atoms with E-state index >= 15 is 0 Å². The third-order valence-electron chi connectivity index (χ3n) is 1.59. The Hall–Kier alpha value is -0.760. The molecule has 1 N–H and O–H groups in total. The highest BCUT2D eigenvalue weighted by molar-refractivity contribution is 8.13. The molecule has 0 bridgehead atoms. The molecule has 58 valence electrons. The van der Waals surface area contributed by atoms with Crippen LogP contribution in [0.3, 0.4) is 0 Å². The summed E-state index contributed by atoms with van der Waals surface area (Å²) in [5.41, 5.74) is 2.21. The van der Waals surface area contributed by atoms with Gasteiger partial charge in [-0.1, -0.05) is 24.3 Å². The quantitative estimate of drug-likeness (QED) is 0.502. The van der Waals surface area contributed by atoms with E-state index in [2.05, 4.69) is 0 Å². The number of nitrogens with one attached hydrogen (secondary N) is 1. The molecule has 11 heavy (non-hydrogen) atoms. The SMILES string of the molecule is CSC(=N)c1ccccc1C.